The topological polar surface area (TPSA) is 63.3 Å². The summed E-state index contributed by atoms with van der Waals surface area (Å²) in [5.41, 5.74) is 7.45. The minimum atomic E-state index is 0.0375. The fourth-order valence-electron chi connectivity index (χ4n) is 1.36. The molecule has 3 N–H and O–H groups in total. The van der Waals surface area contributed by atoms with Crippen molar-refractivity contribution in [2.75, 3.05) is 5.73 Å². The lowest BCUT2D eigenvalue weighted by Crippen LogP contribution is -1.86. The van der Waals surface area contributed by atoms with E-state index < -0.39 is 0 Å². The number of anilines is 1. The van der Waals surface area contributed by atoms with Crippen LogP contribution in [-0.2, 0) is 0 Å². The molecule has 0 saturated carbocycles. The third-order valence-electron chi connectivity index (χ3n) is 2.14. The van der Waals surface area contributed by atoms with Crippen LogP contribution in [0, 0.1) is 0 Å². The highest BCUT2D eigenvalue weighted by Gasteiger charge is 2.07. The lowest BCUT2D eigenvalue weighted by Gasteiger charge is -2.02. The van der Waals surface area contributed by atoms with Crippen LogP contribution in [0.4, 0.5) is 5.69 Å². The zero-order valence-electron chi connectivity index (χ0n) is 7.81. The summed E-state index contributed by atoms with van der Waals surface area (Å²) in [6.07, 6.45) is 0.813. The van der Waals surface area contributed by atoms with Crippen LogP contribution in [0.2, 0.25) is 0 Å². The van der Waals surface area contributed by atoms with Gasteiger partial charge in [-0.15, -0.1) is 11.3 Å². The maximum atomic E-state index is 10.7. The molecule has 76 valence electrons. The van der Waals surface area contributed by atoms with Crippen LogP contribution >= 0.6 is 11.3 Å². The number of nitrogen functional groups attached to an aromatic ring is 1. The molecule has 0 aliphatic heterocycles. The molecule has 0 saturated heterocycles. The fourth-order valence-corrected chi connectivity index (χ4v) is 2.08. The first-order valence-corrected chi connectivity index (χ1v) is 5.22. The normalized spacial score (nSPS) is 10.1. The molecule has 0 amide bonds. The Labute approximate surface area is 90.8 Å². The van der Waals surface area contributed by atoms with Crippen molar-refractivity contribution in [2.45, 2.75) is 0 Å². The Balaban J connectivity index is 2.54. The number of rotatable bonds is 2. The summed E-state index contributed by atoms with van der Waals surface area (Å²) in [5, 5.41) is 11.3. The summed E-state index contributed by atoms with van der Waals surface area (Å²) in [5.74, 6) is 0.0375. The number of nitrogens with two attached hydrogens (primary N) is 1. The highest BCUT2D eigenvalue weighted by Crippen LogP contribution is 2.31. The zero-order chi connectivity index (χ0) is 10.8. The average Bonchev–Trinajstić information content (AvgIpc) is 2.70. The first kappa shape index (κ1) is 9.73. The molecule has 2 aromatic rings. The number of carbonyl (C=O) groups is 1. The number of aromatic hydroxyl groups is 1. The number of hydrogen-bond acceptors (Lipinski definition) is 4. The molecule has 0 radical (unpaired) electrons. The number of hydrogen-bond donors (Lipinski definition) is 2. The van der Waals surface area contributed by atoms with E-state index in [-0.39, 0.29) is 5.75 Å². The van der Waals surface area contributed by atoms with Gasteiger partial charge in [-0.2, -0.15) is 0 Å². The van der Waals surface area contributed by atoms with Gasteiger partial charge in [0, 0.05) is 5.56 Å². The van der Waals surface area contributed by atoms with E-state index in [9.17, 15) is 9.90 Å². The molecule has 0 aliphatic rings. The number of phenolic OH excluding ortho intramolecular Hbond substituents is 1. The van der Waals surface area contributed by atoms with E-state index in [0.29, 0.717) is 10.6 Å². The van der Waals surface area contributed by atoms with E-state index in [0.717, 1.165) is 17.4 Å². The summed E-state index contributed by atoms with van der Waals surface area (Å²) < 4.78 is 0. The van der Waals surface area contributed by atoms with Crippen molar-refractivity contribution < 1.29 is 9.90 Å². The SMILES string of the molecule is Nc1ccc(-c2ccsc2C=O)cc1O. The third kappa shape index (κ3) is 1.71. The molecule has 1 aromatic heterocycles. The Morgan fingerprint density at radius 3 is 2.80 bits per heavy atom. The minimum Gasteiger partial charge on any atom is -0.506 e. The van der Waals surface area contributed by atoms with Crippen LogP contribution in [0.5, 0.6) is 5.75 Å². The molecule has 2 rings (SSSR count). The van der Waals surface area contributed by atoms with Gasteiger partial charge in [0.25, 0.3) is 0 Å². The van der Waals surface area contributed by atoms with Gasteiger partial charge < -0.3 is 10.8 Å². The highest BCUT2D eigenvalue weighted by atomic mass is 32.1. The van der Waals surface area contributed by atoms with Crippen LogP contribution in [0.1, 0.15) is 9.67 Å². The molecule has 1 aromatic carbocycles. The van der Waals surface area contributed by atoms with Gasteiger partial charge >= 0.3 is 0 Å². The Kier molecular flexibility index (Phi) is 2.43. The van der Waals surface area contributed by atoms with Crippen molar-refractivity contribution in [1.82, 2.24) is 0 Å². The Bertz CT molecular complexity index is 505. The van der Waals surface area contributed by atoms with Gasteiger partial charge in [-0.1, -0.05) is 6.07 Å². The van der Waals surface area contributed by atoms with Crippen molar-refractivity contribution in [3.8, 4) is 16.9 Å². The number of benzene rings is 1. The molecular formula is C11H9NO2S. The second-order valence-corrected chi connectivity index (χ2v) is 4.04. The van der Waals surface area contributed by atoms with E-state index in [4.69, 9.17) is 5.73 Å². The number of phenols is 1. The van der Waals surface area contributed by atoms with Crippen molar-refractivity contribution in [3.63, 3.8) is 0 Å². The summed E-state index contributed by atoms with van der Waals surface area (Å²) in [4.78, 5) is 11.4. The lowest BCUT2D eigenvalue weighted by atomic mass is 10.1. The largest absolute Gasteiger partial charge is 0.506 e. The lowest BCUT2D eigenvalue weighted by molar-refractivity contribution is 0.112. The van der Waals surface area contributed by atoms with Gasteiger partial charge in [0.2, 0.25) is 0 Å². The molecule has 15 heavy (non-hydrogen) atoms. The summed E-state index contributed by atoms with van der Waals surface area (Å²) in [7, 11) is 0. The molecule has 3 nitrogen and oxygen atoms in total. The van der Waals surface area contributed by atoms with Gasteiger partial charge in [-0.05, 0) is 29.1 Å². The molecule has 0 atom stereocenters. The number of carbonyl (C=O) groups excluding carboxylic acids is 1. The van der Waals surface area contributed by atoms with E-state index in [2.05, 4.69) is 0 Å². The first-order valence-electron chi connectivity index (χ1n) is 4.34. The number of aldehydes is 1. The van der Waals surface area contributed by atoms with Crippen LogP contribution in [0.15, 0.2) is 29.6 Å². The predicted molar refractivity (Wildman–Crippen MR) is 61.2 cm³/mol. The van der Waals surface area contributed by atoms with Gasteiger partial charge in [-0.3, -0.25) is 4.79 Å². The minimum absolute atomic E-state index is 0.0375. The van der Waals surface area contributed by atoms with Crippen LogP contribution < -0.4 is 5.73 Å². The van der Waals surface area contributed by atoms with Gasteiger partial charge in [0.1, 0.15) is 5.75 Å². The van der Waals surface area contributed by atoms with E-state index >= 15 is 0 Å². The maximum absolute atomic E-state index is 10.7. The van der Waals surface area contributed by atoms with E-state index in [1.165, 1.54) is 11.3 Å². The Morgan fingerprint density at radius 2 is 2.13 bits per heavy atom. The molecule has 0 aliphatic carbocycles. The van der Waals surface area contributed by atoms with E-state index in [1.54, 1.807) is 18.2 Å². The molecule has 1 heterocycles. The molecular weight excluding hydrogens is 210 g/mol. The highest BCUT2D eigenvalue weighted by molar-refractivity contribution is 7.12. The molecule has 0 spiro atoms. The van der Waals surface area contributed by atoms with Crippen molar-refractivity contribution in [3.05, 3.63) is 34.5 Å². The molecule has 4 heteroatoms. The Hall–Kier alpha value is -1.81. The van der Waals surface area contributed by atoms with Crippen LogP contribution in [0.25, 0.3) is 11.1 Å². The monoisotopic (exact) mass is 219 g/mol. The zero-order valence-corrected chi connectivity index (χ0v) is 8.62. The van der Waals surface area contributed by atoms with E-state index in [1.807, 2.05) is 11.4 Å². The van der Waals surface area contributed by atoms with Crippen LogP contribution in [0.3, 0.4) is 0 Å². The van der Waals surface area contributed by atoms with Crippen LogP contribution in [-0.4, -0.2) is 11.4 Å². The average molecular weight is 219 g/mol. The van der Waals surface area contributed by atoms with Gasteiger partial charge in [-0.25, -0.2) is 0 Å². The second kappa shape index (κ2) is 3.74. The van der Waals surface area contributed by atoms with Gasteiger partial charge in [0.15, 0.2) is 6.29 Å². The first-order chi connectivity index (χ1) is 7.22. The van der Waals surface area contributed by atoms with Crippen molar-refractivity contribution >= 4 is 23.3 Å². The van der Waals surface area contributed by atoms with Gasteiger partial charge in [0.05, 0.1) is 10.6 Å². The second-order valence-electron chi connectivity index (χ2n) is 3.09. The number of thiophene rings is 1. The van der Waals surface area contributed by atoms with Crippen molar-refractivity contribution in [2.24, 2.45) is 0 Å². The molecule has 0 unspecified atom stereocenters. The predicted octanol–water partition coefficient (Wildman–Crippen LogP) is 2.52. The quantitative estimate of drug-likeness (QED) is 0.463. The van der Waals surface area contributed by atoms with Crippen molar-refractivity contribution in [1.29, 1.82) is 0 Å². The summed E-state index contributed by atoms with van der Waals surface area (Å²) in [6, 6.07) is 6.81. The third-order valence-corrected chi connectivity index (χ3v) is 2.99. The Morgan fingerprint density at radius 1 is 1.33 bits per heavy atom. The maximum Gasteiger partial charge on any atom is 0.160 e. The molecule has 0 fully saturated rings. The summed E-state index contributed by atoms with van der Waals surface area (Å²) in [6.45, 7) is 0. The smallest absolute Gasteiger partial charge is 0.160 e. The molecule has 0 bridgehead atoms. The summed E-state index contributed by atoms with van der Waals surface area (Å²) >= 11 is 1.37. The standard InChI is InChI=1S/C11H9NO2S/c12-9-2-1-7(5-10(9)14)8-3-4-15-11(8)6-13/h1-6,14H,12H2. The fraction of sp³-hybridized carbons (Fsp3) is 0.